The molecule has 0 radical (unpaired) electrons. The van der Waals surface area contributed by atoms with Gasteiger partial charge in [0, 0.05) is 16.7 Å². The molecule has 0 saturated carbocycles. The van der Waals surface area contributed by atoms with Crippen LogP contribution in [-0.2, 0) is 9.53 Å². The zero-order valence-corrected chi connectivity index (χ0v) is 19.8. The quantitative estimate of drug-likeness (QED) is 0.429. The maximum Gasteiger partial charge on any atom is 0.338 e. The molecule has 1 atom stereocenters. The summed E-state index contributed by atoms with van der Waals surface area (Å²) in [6.45, 7) is 2.80. The lowest BCUT2D eigenvalue weighted by atomic mass is 9.85. The van der Waals surface area contributed by atoms with Gasteiger partial charge < -0.3 is 28.4 Å². The van der Waals surface area contributed by atoms with Crippen LogP contribution in [0.5, 0.6) is 28.7 Å². The highest BCUT2D eigenvalue weighted by molar-refractivity contribution is 6.04. The highest BCUT2D eigenvalue weighted by atomic mass is 16.7. The minimum atomic E-state index is -0.719. The smallest absolute Gasteiger partial charge is 0.338 e. The Labute approximate surface area is 203 Å². The summed E-state index contributed by atoms with van der Waals surface area (Å²) in [4.78, 5) is 13.3. The number of carbonyl (C=O) groups is 1. The van der Waals surface area contributed by atoms with E-state index < -0.39 is 12.1 Å². The van der Waals surface area contributed by atoms with E-state index in [1.807, 2.05) is 60.7 Å². The maximum atomic E-state index is 13.3. The van der Waals surface area contributed by atoms with Gasteiger partial charge in [-0.3, -0.25) is 0 Å². The van der Waals surface area contributed by atoms with Crippen molar-refractivity contribution in [2.75, 3.05) is 27.6 Å². The lowest BCUT2D eigenvalue weighted by molar-refractivity contribution is -0.137. The third-order valence-electron chi connectivity index (χ3n) is 5.95. The molecule has 5 rings (SSSR count). The molecule has 7 nitrogen and oxygen atoms in total. The molecule has 0 aromatic heterocycles. The van der Waals surface area contributed by atoms with Crippen LogP contribution in [0.1, 0.15) is 36.1 Å². The van der Waals surface area contributed by atoms with Crippen molar-refractivity contribution in [1.82, 2.24) is 0 Å². The fraction of sp³-hybridized carbons (Fsp3) is 0.250. The van der Waals surface area contributed by atoms with E-state index in [0.717, 1.165) is 23.1 Å². The van der Waals surface area contributed by atoms with Crippen LogP contribution in [0.15, 0.2) is 66.2 Å². The summed E-state index contributed by atoms with van der Waals surface area (Å²) in [6.07, 6.45) is 0.165. The normalized spacial score (nSPS) is 15.8. The van der Waals surface area contributed by atoms with Gasteiger partial charge in [-0.15, -0.1) is 0 Å². The molecule has 3 aromatic rings. The van der Waals surface area contributed by atoms with Gasteiger partial charge in [0.05, 0.1) is 26.4 Å². The Bertz CT molecular complexity index is 1280. The SMILES string of the molecule is CCCOc1ccc2c(c1)C(c1ccc(OC)cc1)=C(C(=O)OC)C(c1ccc3c(c1)OCO3)O2. The Hall–Kier alpha value is -4.13. The number of fused-ring (bicyclic) bond motifs is 2. The first-order valence-corrected chi connectivity index (χ1v) is 11.4. The lowest BCUT2D eigenvalue weighted by Crippen LogP contribution is -2.24. The molecule has 1 unspecified atom stereocenters. The number of methoxy groups -OCH3 is 2. The molecule has 0 amide bonds. The van der Waals surface area contributed by atoms with Crippen molar-refractivity contribution in [3.63, 3.8) is 0 Å². The predicted molar refractivity (Wildman–Crippen MR) is 129 cm³/mol. The summed E-state index contributed by atoms with van der Waals surface area (Å²) in [7, 11) is 2.99. The molecular weight excluding hydrogens is 448 g/mol. The number of hydrogen-bond acceptors (Lipinski definition) is 7. The third-order valence-corrected chi connectivity index (χ3v) is 5.95. The van der Waals surface area contributed by atoms with Crippen molar-refractivity contribution in [3.8, 4) is 28.7 Å². The van der Waals surface area contributed by atoms with Crippen molar-refractivity contribution < 1.29 is 33.2 Å². The number of ether oxygens (including phenoxy) is 6. The van der Waals surface area contributed by atoms with E-state index in [4.69, 9.17) is 28.4 Å². The maximum absolute atomic E-state index is 13.3. The van der Waals surface area contributed by atoms with Crippen LogP contribution in [0.25, 0.3) is 5.57 Å². The van der Waals surface area contributed by atoms with Crippen molar-refractivity contribution in [3.05, 3.63) is 82.9 Å². The third kappa shape index (κ3) is 4.25. The molecule has 3 aromatic carbocycles. The van der Waals surface area contributed by atoms with Gasteiger partial charge in [0.15, 0.2) is 17.6 Å². The van der Waals surface area contributed by atoms with Gasteiger partial charge in [-0.1, -0.05) is 25.1 Å². The van der Waals surface area contributed by atoms with Crippen LogP contribution in [0.2, 0.25) is 0 Å². The summed E-state index contributed by atoms with van der Waals surface area (Å²) in [6, 6.07) is 18.7. The van der Waals surface area contributed by atoms with Crippen molar-refractivity contribution in [2.24, 2.45) is 0 Å². The fourth-order valence-corrected chi connectivity index (χ4v) is 4.28. The zero-order chi connectivity index (χ0) is 24.4. The van der Waals surface area contributed by atoms with Crippen LogP contribution in [-0.4, -0.2) is 33.6 Å². The molecule has 7 heteroatoms. The van der Waals surface area contributed by atoms with Gasteiger partial charge in [0.25, 0.3) is 0 Å². The minimum absolute atomic E-state index is 0.157. The van der Waals surface area contributed by atoms with Gasteiger partial charge in [0.2, 0.25) is 6.79 Å². The average molecular weight is 475 g/mol. The van der Waals surface area contributed by atoms with Gasteiger partial charge >= 0.3 is 5.97 Å². The summed E-state index contributed by atoms with van der Waals surface area (Å²) < 4.78 is 33.9. The number of carbonyl (C=O) groups excluding carboxylic acids is 1. The second-order valence-electron chi connectivity index (χ2n) is 8.13. The minimum Gasteiger partial charge on any atom is -0.497 e. The van der Waals surface area contributed by atoms with Crippen LogP contribution >= 0.6 is 0 Å². The first-order valence-electron chi connectivity index (χ1n) is 11.4. The summed E-state index contributed by atoms with van der Waals surface area (Å²) in [5.41, 5.74) is 3.43. The average Bonchev–Trinajstić information content (AvgIpc) is 3.38. The molecule has 180 valence electrons. The molecule has 2 aliphatic heterocycles. The van der Waals surface area contributed by atoms with Crippen LogP contribution < -0.4 is 23.7 Å². The van der Waals surface area contributed by atoms with E-state index in [1.165, 1.54) is 7.11 Å². The molecule has 0 bridgehead atoms. The fourth-order valence-electron chi connectivity index (χ4n) is 4.28. The van der Waals surface area contributed by atoms with E-state index >= 15 is 0 Å². The van der Waals surface area contributed by atoms with Crippen molar-refractivity contribution in [1.29, 1.82) is 0 Å². The Morgan fingerprint density at radius 2 is 1.66 bits per heavy atom. The molecule has 0 saturated heterocycles. The Morgan fingerprint density at radius 3 is 2.40 bits per heavy atom. The van der Waals surface area contributed by atoms with E-state index in [9.17, 15) is 4.79 Å². The van der Waals surface area contributed by atoms with Crippen molar-refractivity contribution >= 4 is 11.5 Å². The number of benzene rings is 3. The second kappa shape index (κ2) is 9.62. The summed E-state index contributed by atoms with van der Waals surface area (Å²) in [5.74, 6) is 2.83. The number of esters is 1. The van der Waals surface area contributed by atoms with Crippen LogP contribution in [0, 0.1) is 0 Å². The topological polar surface area (TPSA) is 72.5 Å². The van der Waals surface area contributed by atoms with E-state index in [-0.39, 0.29) is 6.79 Å². The van der Waals surface area contributed by atoms with Gasteiger partial charge in [-0.05, 0) is 54.4 Å². The Kier molecular flexibility index (Phi) is 6.23. The van der Waals surface area contributed by atoms with E-state index in [0.29, 0.717) is 46.5 Å². The molecule has 0 aliphatic carbocycles. The molecule has 2 aliphatic rings. The summed E-state index contributed by atoms with van der Waals surface area (Å²) in [5, 5.41) is 0. The first kappa shape index (κ1) is 22.7. The highest BCUT2D eigenvalue weighted by Gasteiger charge is 2.36. The first-order chi connectivity index (χ1) is 17.1. The monoisotopic (exact) mass is 474 g/mol. The standard InChI is InChI=1S/C28H26O7/c1-4-13-32-20-10-12-22-21(15-20)25(17-5-8-19(30-2)9-6-17)26(28(29)31-3)27(35-22)18-7-11-23-24(14-18)34-16-33-23/h5-12,14-15,27H,4,13,16H2,1-3H3. The largest absolute Gasteiger partial charge is 0.497 e. The molecule has 0 N–H and O–H groups in total. The molecule has 0 fully saturated rings. The number of rotatable bonds is 7. The molecule has 35 heavy (non-hydrogen) atoms. The summed E-state index contributed by atoms with van der Waals surface area (Å²) >= 11 is 0. The lowest BCUT2D eigenvalue weighted by Gasteiger charge is -2.31. The predicted octanol–water partition coefficient (Wildman–Crippen LogP) is 5.32. The Balaban J connectivity index is 1.72. The van der Waals surface area contributed by atoms with Gasteiger partial charge in [-0.2, -0.15) is 0 Å². The molecule has 2 heterocycles. The van der Waals surface area contributed by atoms with Crippen LogP contribution in [0.3, 0.4) is 0 Å². The van der Waals surface area contributed by atoms with E-state index in [1.54, 1.807) is 7.11 Å². The molecule has 0 spiro atoms. The second-order valence-corrected chi connectivity index (χ2v) is 8.13. The van der Waals surface area contributed by atoms with Gasteiger partial charge in [0.1, 0.15) is 17.2 Å². The highest BCUT2D eigenvalue weighted by Crippen LogP contribution is 2.48. The van der Waals surface area contributed by atoms with Crippen LogP contribution in [0.4, 0.5) is 0 Å². The van der Waals surface area contributed by atoms with Crippen molar-refractivity contribution in [2.45, 2.75) is 19.4 Å². The Morgan fingerprint density at radius 1 is 0.914 bits per heavy atom. The molecular formula is C28H26O7. The van der Waals surface area contributed by atoms with E-state index in [2.05, 4.69) is 6.92 Å². The zero-order valence-electron chi connectivity index (χ0n) is 19.8. The number of hydrogen-bond donors (Lipinski definition) is 0. The van der Waals surface area contributed by atoms with Gasteiger partial charge in [-0.25, -0.2) is 4.79 Å².